The van der Waals surface area contributed by atoms with E-state index in [-0.39, 0.29) is 23.7 Å². The Labute approximate surface area is 206 Å². The van der Waals surface area contributed by atoms with Gasteiger partial charge in [-0.3, -0.25) is 9.69 Å². The number of aryl methyl sites for hydroxylation is 1. The maximum Gasteiger partial charge on any atom is 0.416 e. The van der Waals surface area contributed by atoms with Gasteiger partial charge in [-0.2, -0.15) is 13.2 Å². The number of ether oxygens (including phenoxy) is 1. The third-order valence-corrected chi connectivity index (χ3v) is 7.04. The summed E-state index contributed by atoms with van der Waals surface area (Å²) in [7, 11) is 1.87. The first kappa shape index (κ1) is 24.2. The number of hydrogen-bond donors (Lipinski definition) is 1. The first-order valence-electron chi connectivity index (χ1n) is 11.8. The van der Waals surface area contributed by atoms with Gasteiger partial charge in [0.05, 0.1) is 25.3 Å². The summed E-state index contributed by atoms with van der Waals surface area (Å²) in [5.74, 6) is 1.15. The van der Waals surface area contributed by atoms with Crippen molar-refractivity contribution in [1.82, 2.24) is 19.7 Å². The van der Waals surface area contributed by atoms with E-state index < -0.39 is 23.1 Å². The fourth-order valence-electron chi connectivity index (χ4n) is 4.66. The van der Waals surface area contributed by atoms with Crippen molar-refractivity contribution in [3.8, 4) is 0 Å². The summed E-state index contributed by atoms with van der Waals surface area (Å²) in [6.07, 6.45) is -1.52. The summed E-state index contributed by atoms with van der Waals surface area (Å²) in [6, 6.07) is 7.55. The van der Waals surface area contributed by atoms with E-state index in [1.54, 1.807) is 12.4 Å². The van der Waals surface area contributed by atoms with Crippen LogP contribution in [0.5, 0.6) is 0 Å². The van der Waals surface area contributed by atoms with Crippen molar-refractivity contribution >= 4 is 17.5 Å². The minimum atomic E-state index is -4.55. The molecule has 2 aliphatic rings. The molecule has 1 fully saturated rings. The van der Waals surface area contributed by atoms with E-state index in [9.17, 15) is 18.0 Å². The van der Waals surface area contributed by atoms with Gasteiger partial charge in [0, 0.05) is 30.5 Å². The second-order valence-electron chi connectivity index (χ2n) is 9.58. The van der Waals surface area contributed by atoms with Crippen LogP contribution < -0.4 is 10.2 Å². The first-order valence-corrected chi connectivity index (χ1v) is 11.8. The van der Waals surface area contributed by atoms with Crippen LogP contribution in [0, 0.1) is 0 Å². The molecule has 0 saturated carbocycles. The second-order valence-corrected chi connectivity index (χ2v) is 9.58. The predicted molar refractivity (Wildman–Crippen MR) is 127 cm³/mol. The molecule has 36 heavy (non-hydrogen) atoms. The highest BCUT2D eigenvalue weighted by Gasteiger charge is 2.44. The van der Waals surface area contributed by atoms with E-state index in [1.165, 1.54) is 17.0 Å². The zero-order chi connectivity index (χ0) is 25.7. The van der Waals surface area contributed by atoms with Crippen LogP contribution >= 0.6 is 0 Å². The highest BCUT2D eigenvalue weighted by atomic mass is 19.4. The van der Waals surface area contributed by atoms with Gasteiger partial charge < -0.3 is 14.6 Å². The van der Waals surface area contributed by atoms with E-state index in [0.717, 1.165) is 23.9 Å². The Hall–Kier alpha value is -3.47. The molecule has 1 amide bonds. The summed E-state index contributed by atoms with van der Waals surface area (Å²) in [6.45, 7) is 4.74. The van der Waals surface area contributed by atoms with E-state index in [0.29, 0.717) is 31.3 Å². The van der Waals surface area contributed by atoms with E-state index >= 15 is 0 Å². The van der Waals surface area contributed by atoms with Gasteiger partial charge >= 0.3 is 6.18 Å². The minimum absolute atomic E-state index is 0.0283. The summed E-state index contributed by atoms with van der Waals surface area (Å²) in [5.41, 5.74) is -0.311. The zero-order valence-electron chi connectivity index (χ0n) is 20.3. The number of rotatable bonds is 7. The Morgan fingerprint density at radius 3 is 2.64 bits per heavy atom. The quantitative estimate of drug-likeness (QED) is 0.526. The van der Waals surface area contributed by atoms with Crippen molar-refractivity contribution in [3.05, 3.63) is 64.7 Å². The summed E-state index contributed by atoms with van der Waals surface area (Å²) in [5, 5.41) is 11.5. The smallest absolute Gasteiger partial charge is 0.379 e. The number of hydrogen-bond acceptors (Lipinski definition) is 6. The maximum absolute atomic E-state index is 13.7. The van der Waals surface area contributed by atoms with Gasteiger partial charge in [0.25, 0.3) is 5.91 Å². The number of carbonyl (C=O) groups is 1. The fourth-order valence-corrected chi connectivity index (χ4v) is 4.66. The van der Waals surface area contributed by atoms with Crippen LogP contribution in [0.2, 0.25) is 0 Å². The lowest BCUT2D eigenvalue weighted by molar-refractivity contribution is -0.138. The molecule has 190 valence electrons. The number of aromatic nitrogens is 4. The summed E-state index contributed by atoms with van der Waals surface area (Å²) < 4.78 is 48.4. The van der Waals surface area contributed by atoms with Crippen molar-refractivity contribution in [1.29, 1.82) is 0 Å². The average Bonchev–Trinajstić information content (AvgIpc) is 3.37. The molecule has 0 unspecified atom stereocenters. The van der Waals surface area contributed by atoms with Crippen LogP contribution in [-0.2, 0) is 36.3 Å². The normalized spacial score (nSPS) is 17.6. The Morgan fingerprint density at radius 2 is 2.03 bits per heavy atom. The monoisotopic (exact) mass is 500 g/mol. The Balaban J connectivity index is 1.57. The van der Waals surface area contributed by atoms with Crippen molar-refractivity contribution < 1.29 is 22.7 Å². The predicted octanol–water partition coefficient (Wildman–Crippen LogP) is 4.11. The number of benzene rings is 1. The SMILES string of the molecule is CC[C@H](C)Nc1cc(C2(Cc3nncn3C)COC2)cc(N2Cc3c(cccc3C(F)(F)F)C2=O)n1. The van der Waals surface area contributed by atoms with Crippen LogP contribution in [-0.4, -0.2) is 44.9 Å². The molecule has 0 aliphatic carbocycles. The molecule has 1 saturated heterocycles. The largest absolute Gasteiger partial charge is 0.416 e. The van der Waals surface area contributed by atoms with Gasteiger partial charge in [0.2, 0.25) is 0 Å². The molecule has 2 aromatic heterocycles. The lowest BCUT2D eigenvalue weighted by Gasteiger charge is -2.42. The van der Waals surface area contributed by atoms with Gasteiger partial charge in [0.1, 0.15) is 23.8 Å². The number of halogens is 3. The lowest BCUT2D eigenvalue weighted by atomic mass is 9.75. The maximum atomic E-state index is 13.7. The molecule has 3 aromatic rings. The van der Waals surface area contributed by atoms with Gasteiger partial charge in [-0.15, -0.1) is 10.2 Å². The van der Waals surface area contributed by atoms with Crippen molar-refractivity contribution in [2.45, 2.75) is 50.9 Å². The molecule has 5 rings (SSSR count). The molecule has 1 aromatic carbocycles. The van der Waals surface area contributed by atoms with Crippen LogP contribution in [0.1, 0.15) is 53.1 Å². The number of carbonyl (C=O) groups excluding carboxylic acids is 1. The molecule has 1 N–H and O–H groups in total. The zero-order valence-corrected chi connectivity index (χ0v) is 20.3. The molecular formula is C25H27F3N6O2. The average molecular weight is 501 g/mol. The Morgan fingerprint density at radius 1 is 1.25 bits per heavy atom. The van der Waals surface area contributed by atoms with E-state index in [1.807, 2.05) is 31.5 Å². The third kappa shape index (κ3) is 4.21. The number of anilines is 2. The van der Waals surface area contributed by atoms with Crippen molar-refractivity contribution in [2.75, 3.05) is 23.4 Å². The standard InChI is InChI=1S/C25H27F3N6O2/c1-4-15(2)30-20-8-16(24(12-36-13-24)10-22-32-29-14-33(22)3)9-21(31-20)34-11-18-17(23(34)35)6-5-7-19(18)25(26,27)28/h5-9,14-15H,4,10-13H2,1-3H3,(H,30,31)/t15-/m0/s1. The van der Waals surface area contributed by atoms with Crippen molar-refractivity contribution in [3.63, 3.8) is 0 Å². The summed E-state index contributed by atoms with van der Waals surface area (Å²) >= 11 is 0. The minimum Gasteiger partial charge on any atom is -0.379 e. The Bertz CT molecular complexity index is 1300. The van der Waals surface area contributed by atoms with Crippen LogP contribution in [0.3, 0.4) is 0 Å². The number of pyridine rings is 1. The Kier molecular flexibility index (Phi) is 5.98. The van der Waals surface area contributed by atoms with E-state index in [4.69, 9.17) is 4.74 Å². The van der Waals surface area contributed by atoms with Crippen LogP contribution in [0.15, 0.2) is 36.7 Å². The molecule has 8 nitrogen and oxygen atoms in total. The fraction of sp³-hybridized carbons (Fsp3) is 0.440. The number of nitrogens with zero attached hydrogens (tertiary/aromatic N) is 5. The van der Waals surface area contributed by atoms with Crippen LogP contribution in [0.25, 0.3) is 0 Å². The third-order valence-electron chi connectivity index (χ3n) is 7.04. The molecule has 0 radical (unpaired) electrons. The summed E-state index contributed by atoms with van der Waals surface area (Å²) in [4.78, 5) is 19.2. The molecule has 0 bridgehead atoms. The number of nitrogens with one attached hydrogen (secondary N) is 1. The highest BCUT2D eigenvalue weighted by Crippen LogP contribution is 2.41. The molecular weight excluding hydrogens is 473 g/mol. The number of alkyl halides is 3. The van der Waals surface area contributed by atoms with Gasteiger partial charge in [-0.25, -0.2) is 4.98 Å². The first-order chi connectivity index (χ1) is 17.1. The second kappa shape index (κ2) is 8.88. The van der Waals surface area contributed by atoms with Gasteiger partial charge in [0.15, 0.2) is 0 Å². The number of amides is 1. The van der Waals surface area contributed by atoms with E-state index in [2.05, 4.69) is 20.5 Å². The molecule has 1 atom stereocenters. The molecule has 2 aliphatic heterocycles. The van der Waals surface area contributed by atoms with Crippen molar-refractivity contribution in [2.24, 2.45) is 7.05 Å². The molecule has 0 spiro atoms. The molecule has 11 heteroatoms. The van der Waals surface area contributed by atoms with Gasteiger partial charge in [-0.1, -0.05) is 13.0 Å². The van der Waals surface area contributed by atoms with Gasteiger partial charge in [-0.05, 0) is 48.7 Å². The molecule has 4 heterocycles. The van der Waals surface area contributed by atoms with Crippen LogP contribution in [0.4, 0.5) is 24.8 Å². The lowest BCUT2D eigenvalue weighted by Crippen LogP contribution is -2.49. The topological polar surface area (TPSA) is 85.2 Å². The highest BCUT2D eigenvalue weighted by molar-refractivity contribution is 6.10. The number of fused-ring (bicyclic) bond motifs is 1.